The Morgan fingerprint density at radius 3 is 2.44 bits per heavy atom. The van der Waals surface area contributed by atoms with Crippen molar-refractivity contribution in [3.05, 3.63) is 29.3 Å². The van der Waals surface area contributed by atoms with Gasteiger partial charge in [0.05, 0.1) is 10.8 Å². The molecule has 1 N–H and O–H groups in total. The molecular formula is C19H26N2O5S. The second-order valence-corrected chi connectivity index (χ2v) is 9.31. The van der Waals surface area contributed by atoms with Crippen LogP contribution in [-0.2, 0) is 14.8 Å². The van der Waals surface area contributed by atoms with Gasteiger partial charge in [-0.1, -0.05) is 12.5 Å². The van der Waals surface area contributed by atoms with Crippen molar-refractivity contribution in [1.82, 2.24) is 9.21 Å². The summed E-state index contributed by atoms with van der Waals surface area (Å²) in [6.07, 6.45) is 3.92. The molecule has 1 atom stereocenters. The van der Waals surface area contributed by atoms with E-state index in [9.17, 15) is 23.1 Å². The summed E-state index contributed by atoms with van der Waals surface area (Å²) in [5.74, 6) is -1.76. The van der Waals surface area contributed by atoms with Gasteiger partial charge in [-0.15, -0.1) is 0 Å². The summed E-state index contributed by atoms with van der Waals surface area (Å²) in [5, 5.41) is 9.24. The molecule has 1 amide bonds. The van der Waals surface area contributed by atoms with Gasteiger partial charge in [0.2, 0.25) is 10.0 Å². The molecule has 7 nitrogen and oxygen atoms in total. The molecule has 2 aliphatic rings. The minimum atomic E-state index is -3.62. The Balaban J connectivity index is 1.87. The van der Waals surface area contributed by atoms with Crippen LogP contribution in [0.25, 0.3) is 0 Å². The first kappa shape index (κ1) is 19.8. The van der Waals surface area contributed by atoms with Crippen LogP contribution in [0.3, 0.4) is 0 Å². The molecule has 3 rings (SSSR count). The molecule has 1 aromatic carbocycles. The zero-order valence-electron chi connectivity index (χ0n) is 15.6. The Kier molecular flexibility index (Phi) is 5.86. The monoisotopic (exact) mass is 394 g/mol. The first-order valence-corrected chi connectivity index (χ1v) is 10.9. The largest absolute Gasteiger partial charge is 0.481 e. The number of carboxylic acid groups (broad SMARTS) is 1. The molecule has 0 aliphatic carbocycles. The number of carbonyl (C=O) groups excluding carboxylic acids is 1. The minimum Gasteiger partial charge on any atom is -0.481 e. The van der Waals surface area contributed by atoms with Gasteiger partial charge < -0.3 is 10.0 Å². The number of sulfonamides is 1. The number of amides is 1. The minimum absolute atomic E-state index is 0.130. The second kappa shape index (κ2) is 7.98. The van der Waals surface area contributed by atoms with Gasteiger partial charge in [-0.25, -0.2) is 8.42 Å². The number of aliphatic carboxylic acids is 1. The topological polar surface area (TPSA) is 95.0 Å². The third kappa shape index (κ3) is 4.16. The predicted octanol–water partition coefficient (Wildman–Crippen LogP) is 2.11. The maximum Gasteiger partial charge on any atom is 0.308 e. The molecular weight excluding hydrogens is 368 g/mol. The third-order valence-electron chi connectivity index (χ3n) is 5.45. The highest BCUT2D eigenvalue weighted by molar-refractivity contribution is 7.89. The maximum atomic E-state index is 13.0. The zero-order valence-corrected chi connectivity index (χ0v) is 16.4. The van der Waals surface area contributed by atoms with Gasteiger partial charge in [0.25, 0.3) is 5.91 Å². The van der Waals surface area contributed by atoms with Crippen molar-refractivity contribution >= 4 is 21.9 Å². The van der Waals surface area contributed by atoms with E-state index in [1.807, 2.05) is 0 Å². The van der Waals surface area contributed by atoms with E-state index < -0.39 is 21.9 Å². The molecule has 27 heavy (non-hydrogen) atoms. The molecule has 0 saturated carbocycles. The van der Waals surface area contributed by atoms with Crippen LogP contribution in [0.5, 0.6) is 0 Å². The van der Waals surface area contributed by atoms with E-state index in [-0.39, 0.29) is 17.3 Å². The Hall–Kier alpha value is -1.93. The third-order valence-corrected chi connectivity index (χ3v) is 7.34. The molecule has 2 aliphatic heterocycles. The van der Waals surface area contributed by atoms with Crippen molar-refractivity contribution in [3.8, 4) is 0 Å². The van der Waals surface area contributed by atoms with Crippen molar-refractivity contribution in [3.63, 3.8) is 0 Å². The zero-order chi connectivity index (χ0) is 19.6. The van der Waals surface area contributed by atoms with Crippen molar-refractivity contribution < 1.29 is 23.1 Å². The lowest BCUT2D eigenvalue weighted by Gasteiger charge is -2.31. The van der Waals surface area contributed by atoms with Crippen molar-refractivity contribution in [2.45, 2.75) is 43.9 Å². The Morgan fingerprint density at radius 1 is 1.07 bits per heavy atom. The average molecular weight is 394 g/mol. The average Bonchev–Trinajstić information content (AvgIpc) is 2.68. The van der Waals surface area contributed by atoms with Crippen LogP contribution < -0.4 is 0 Å². The maximum absolute atomic E-state index is 13.0. The van der Waals surface area contributed by atoms with E-state index in [0.717, 1.165) is 19.3 Å². The lowest BCUT2D eigenvalue weighted by molar-refractivity contribution is -0.143. The summed E-state index contributed by atoms with van der Waals surface area (Å²) in [7, 11) is -3.62. The van der Waals surface area contributed by atoms with Crippen LogP contribution >= 0.6 is 0 Å². The predicted molar refractivity (Wildman–Crippen MR) is 100 cm³/mol. The smallest absolute Gasteiger partial charge is 0.308 e. The molecule has 2 heterocycles. The molecule has 1 unspecified atom stereocenters. The van der Waals surface area contributed by atoms with Gasteiger partial charge in [0.15, 0.2) is 0 Å². The van der Waals surface area contributed by atoms with Crippen LogP contribution in [0.1, 0.15) is 48.0 Å². The Labute approximate surface area is 160 Å². The first-order valence-electron chi connectivity index (χ1n) is 9.43. The molecule has 0 bridgehead atoms. The SMILES string of the molecule is Cc1ccc(S(=O)(=O)N2CCCCC2)cc1C(=O)N1CCCC(C(=O)O)C1. The number of hydrogen-bond acceptors (Lipinski definition) is 4. The fourth-order valence-electron chi connectivity index (χ4n) is 3.78. The molecule has 8 heteroatoms. The highest BCUT2D eigenvalue weighted by Gasteiger charge is 2.31. The Morgan fingerprint density at radius 2 is 1.78 bits per heavy atom. The molecule has 0 spiro atoms. The molecule has 0 radical (unpaired) electrons. The van der Waals surface area contributed by atoms with Gasteiger partial charge in [0.1, 0.15) is 0 Å². The van der Waals surface area contributed by atoms with Crippen molar-refractivity contribution in [2.75, 3.05) is 26.2 Å². The summed E-state index contributed by atoms with van der Waals surface area (Å²) in [4.78, 5) is 25.9. The number of hydrogen-bond donors (Lipinski definition) is 1. The van der Waals surface area contributed by atoms with Crippen LogP contribution in [0.4, 0.5) is 0 Å². The van der Waals surface area contributed by atoms with Gasteiger partial charge >= 0.3 is 5.97 Å². The standard InChI is InChI=1S/C19H26N2O5S/c1-14-7-8-16(27(25,26)21-10-3-2-4-11-21)12-17(14)18(22)20-9-5-6-15(13-20)19(23)24/h7-8,12,15H,2-6,9-11,13H2,1H3,(H,23,24). The van der Waals surface area contributed by atoms with E-state index in [4.69, 9.17) is 0 Å². The molecule has 2 fully saturated rings. The first-order chi connectivity index (χ1) is 12.8. The lowest BCUT2D eigenvalue weighted by atomic mass is 9.97. The van der Waals surface area contributed by atoms with E-state index in [0.29, 0.717) is 43.6 Å². The van der Waals surface area contributed by atoms with Crippen molar-refractivity contribution in [2.24, 2.45) is 5.92 Å². The highest BCUT2D eigenvalue weighted by Crippen LogP contribution is 2.25. The summed E-state index contributed by atoms with van der Waals surface area (Å²) in [6.45, 7) is 3.43. The molecule has 1 aromatic rings. The number of rotatable bonds is 4. The number of aryl methyl sites for hydroxylation is 1. The normalized spacial score (nSPS) is 21.8. The van der Waals surface area contributed by atoms with Crippen LogP contribution in [0.15, 0.2) is 23.1 Å². The van der Waals surface area contributed by atoms with Crippen molar-refractivity contribution in [1.29, 1.82) is 0 Å². The van der Waals surface area contributed by atoms with E-state index in [1.165, 1.54) is 15.3 Å². The Bertz CT molecular complexity index is 831. The number of piperidine rings is 2. The van der Waals surface area contributed by atoms with E-state index >= 15 is 0 Å². The summed E-state index contributed by atoms with van der Waals surface area (Å²) < 4.78 is 27.3. The number of carboxylic acids is 1. The number of carbonyl (C=O) groups is 2. The fraction of sp³-hybridized carbons (Fsp3) is 0.579. The number of nitrogens with zero attached hydrogens (tertiary/aromatic N) is 2. The van der Waals surface area contributed by atoms with Gasteiger partial charge in [-0.2, -0.15) is 4.31 Å². The molecule has 0 aromatic heterocycles. The molecule has 148 valence electrons. The fourth-order valence-corrected chi connectivity index (χ4v) is 5.32. The quantitative estimate of drug-likeness (QED) is 0.844. The number of benzene rings is 1. The molecule has 2 saturated heterocycles. The van der Waals surface area contributed by atoms with E-state index in [2.05, 4.69) is 0 Å². The summed E-state index contributed by atoms with van der Waals surface area (Å²) >= 11 is 0. The summed E-state index contributed by atoms with van der Waals surface area (Å²) in [5.41, 5.74) is 1.02. The van der Waals surface area contributed by atoms with Crippen LogP contribution in [-0.4, -0.2) is 60.8 Å². The van der Waals surface area contributed by atoms with Gasteiger partial charge in [-0.3, -0.25) is 9.59 Å². The van der Waals surface area contributed by atoms with E-state index in [1.54, 1.807) is 19.1 Å². The highest BCUT2D eigenvalue weighted by atomic mass is 32.2. The second-order valence-electron chi connectivity index (χ2n) is 7.37. The summed E-state index contributed by atoms with van der Waals surface area (Å²) in [6, 6.07) is 4.65. The van der Waals surface area contributed by atoms with Crippen LogP contribution in [0.2, 0.25) is 0 Å². The lowest BCUT2D eigenvalue weighted by Crippen LogP contribution is -2.42. The van der Waals surface area contributed by atoms with Gasteiger partial charge in [-0.05, 0) is 50.3 Å². The van der Waals surface area contributed by atoms with Gasteiger partial charge in [0, 0.05) is 31.7 Å². The number of likely N-dealkylation sites (tertiary alicyclic amines) is 1. The van der Waals surface area contributed by atoms with Crippen LogP contribution in [0, 0.1) is 12.8 Å².